The number of rotatable bonds is 13. The summed E-state index contributed by atoms with van der Waals surface area (Å²) in [6, 6.07) is 3.89. The van der Waals surface area contributed by atoms with Gasteiger partial charge in [-0.15, -0.1) is 0 Å². The summed E-state index contributed by atoms with van der Waals surface area (Å²) < 4.78 is 0. The monoisotopic (exact) mass is 466 g/mol. The number of carbonyl (C=O) groups excluding carboxylic acids is 3. The largest absolute Gasteiger partial charge is 0.481 e. The second kappa shape index (κ2) is 13.1. The van der Waals surface area contributed by atoms with Crippen molar-refractivity contribution in [3.8, 4) is 0 Å². The van der Waals surface area contributed by atoms with E-state index < -0.39 is 66.4 Å². The summed E-state index contributed by atoms with van der Waals surface area (Å²) in [6.07, 6.45) is -2.03. The van der Waals surface area contributed by atoms with Gasteiger partial charge in [-0.25, -0.2) is 4.79 Å². The summed E-state index contributed by atoms with van der Waals surface area (Å²) in [7, 11) is 0. The molecule has 0 aliphatic rings. The first-order chi connectivity index (χ1) is 15.4. The fourth-order valence-electron chi connectivity index (χ4n) is 2.82. The first-order valence-electron chi connectivity index (χ1n) is 10.3. The van der Waals surface area contributed by atoms with Gasteiger partial charge in [0, 0.05) is 6.42 Å². The zero-order chi connectivity index (χ0) is 25.1. The van der Waals surface area contributed by atoms with Crippen molar-refractivity contribution in [3.05, 3.63) is 35.9 Å². The highest BCUT2D eigenvalue weighted by Gasteiger charge is 2.31. The van der Waals surface area contributed by atoms with Crippen LogP contribution in [0.1, 0.15) is 32.3 Å². The average molecular weight is 466 g/mol. The Morgan fingerprint density at radius 1 is 0.909 bits per heavy atom. The second-order valence-electron chi connectivity index (χ2n) is 7.59. The van der Waals surface area contributed by atoms with Crippen LogP contribution in [0.3, 0.4) is 0 Å². The highest BCUT2D eigenvalue weighted by molar-refractivity contribution is 5.94. The number of aliphatic hydroxyl groups excluding tert-OH is 1. The SMILES string of the molecule is CC(NC(=O)C(N)Cc1ccccc1)C(=O)NC(CCC(=O)O)C(=O)NC(C(=O)O)C(C)O. The smallest absolute Gasteiger partial charge is 0.328 e. The lowest BCUT2D eigenvalue weighted by atomic mass is 10.1. The van der Waals surface area contributed by atoms with E-state index in [1.807, 2.05) is 6.07 Å². The van der Waals surface area contributed by atoms with E-state index in [2.05, 4.69) is 16.0 Å². The Kier molecular flexibility index (Phi) is 11.0. The molecule has 5 unspecified atom stereocenters. The normalized spacial score (nSPS) is 15.3. The van der Waals surface area contributed by atoms with Crippen LogP contribution < -0.4 is 21.7 Å². The number of benzene rings is 1. The molecule has 5 atom stereocenters. The van der Waals surface area contributed by atoms with Gasteiger partial charge in [0.2, 0.25) is 17.7 Å². The standard InChI is InChI=1S/C21H30N4O8/c1-11(23-19(30)14(22)10-13-6-4-3-5-7-13)18(29)24-15(8-9-16(27)28)20(31)25-17(12(2)26)21(32)33/h3-7,11-12,14-15,17,26H,8-10,22H2,1-2H3,(H,23,30)(H,24,29)(H,25,31)(H,27,28)(H,32,33). The van der Waals surface area contributed by atoms with Gasteiger partial charge in [0.05, 0.1) is 12.1 Å². The summed E-state index contributed by atoms with van der Waals surface area (Å²) in [6.45, 7) is 2.50. The minimum atomic E-state index is -1.66. The number of nitrogens with two attached hydrogens (primary N) is 1. The average Bonchev–Trinajstić information content (AvgIpc) is 2.74. The minimum Gasteiger partial charge on any atom is -0.481 e. The van der Waals surface area contributed by atoms with Gasteiger partial charge in [-0.05, 0) is 32.3 Å². The number of carboxylic acid groups (broad SMARTS) is 2. The molecule has 1 aromatic carbocycles. The van der Waals surface area contributed by atoms with Crippen molar-refractivity contribution in [3.63, 3.8) is 0 Å². The minimum absolute atomic E-state index is 0.237. The number of amides is 3. The number of aliphatic hydroxyl groups is 1. The quantitative estimate of drug-likeness (QED) is 0.178. The van der Waals surface area contributed by atoms with Gasteiger partial charge in [-0.3, -0.25) is 19.2 Å². The molecule has 0 aliphatic carbocycles. The Balaban J connectivity index is 2.77. The molecular formula is C21H30N4O8. The predicted molar refractivity (Wildman–Crippen MR) is 116 cm³/mol. The Labute approximate surface area is 190 Å². The van der Waals surface area contributed by atoms with Crippen LogP contribution in [0.2, 0.25) is 0 Å². The molecule has 0 fully saturated rings. The van der Waals surface area contributed by atoms with Crippen molar-refractivity contribution in [2.45, 2.75) is 63.4 Å². The van der Waals surface area contributed by atoms with E-state index >= 15 is 0 Å². The van der Waals surface area contributed by atoms with Gasteiger partial charge in [-0.2, -0.15) is 0 Å². The first-order valence-corrected chi connectivity index (χ1v) is 10.3. The summed E-state index contributed by atoms with van der Waals surface area (Å²) in [5.41, 5.74) is 6.71. The predicted octanol–water partition coefficient (Wildman–Crippen LogP) is -1.64. The van der Waals surface area contributed by atoms with Gasteiger partial charge >= 0.3 is 11.9 Å². The number of carbonyl (C=O) groups is 5. The molecular weight excluding hydrogens is 436 g/mol. The maximum atomic E-state index is 12.5. The van der Waals surface area contributed by atoms with E-state index in [0.717, 1.165) is 12.5 Å². The van der Waals surface area contributed by atoms with E-state index in [0.29, 0.717) is 0 Å². The molecule has 0 aromatic heterocycles. The van der Waals surface area contributed by atoms with Gasteiger partial charge in [-0.1, -0.05) is 30.3 Å². The van der Waals surface area contributed by atoms with Crippen LogP contribution in [-0.2, 0) is 30.4 Å². The molecule has 0 bridgehead atoms. The van der Waals surface area contributed by atoms with E-state index in [4.69, 9.17) is 15.9 Å². The van der Waals surface area contributed by atoms with Crippen LogP contribution in [0.25, 0.3) is 0 Å². The molecule has 0 saturated heterocycles. The van der Waals surface area contributed by atoms with E-state index in [-0.39, 0.29) is 12.8 Å². The van der Waals surface area contributed by atoms with Gasteiger partial charge in [0.25, 0.3) is 0 Å². The first kappa shape index (κ1) is 27.5. The fourth-order valence-corrected chi connectivity index (χ4v) is 2.82. The Morgan fingerprint density at radius 3 is 2.03 bits per heavy atom. The van der Waals surface area contributed by atoms with Gasteiger partial charge < -0.3 is 37.0 Å². The molecule has 12 heteroatoms. The molecule has 1 rings (SSSR count). The molecule has 12 nitrogen and oxygen atoms in total. The van der Waals surface area contributed by atoms with Gasteiger partial charge in [0.1, 0.15) is 12.1 Å². The number of carboxylic acids is 2. The second-order valence-corrected chi connectivity index (χ2v) is 7.59. The highest BCUT2D eigenvalue weighted by atomic mass is 16.4. The van der Waals surface area contributed by atoms with E-state index in [9.17, 15) is 29.1 Å². The number of hydrogen-bond donors (Lipinski definition) is 7. The molecule has 33 heavy (non-hydrogen) atoms. The van der Waals surface area contributed by atoms with Crippen molar-refractivity contribution in [2.24, 2.45) is 5.73 Å². The van der Waals surface area contributed by atoms with Crippen LogP contribution in [0.15, 0.2) is 30.3 Å². The number of nitrogens with one attached hydrogen (secondary N) is 3. The summed E-state index contributed by atoms with van der Waals surface area (Å²) in [5.74, 6) is -5.13. The van der Waals surface area contributed by atoms with Crippen molar-refractivity contribution in [2.75, 3.05) is 0 Å². The molecule has 8 N–H and O–H groups in total. The maximum absolute atomic E-state index is 12.5. The lowest BCUT2D eigenvalue weighted by molar-refractivity contribution is -0.145. The molecule has 0 heterocycles. The fraction of sp³-hybridized carbons (Fsp3) is 0.476. The van der Waals surface area contributed by atoms with Crippen LogP contribution >= 0.6 is 0 Å². The number of aliphatic carboxylic acids is 2. The van der Waals surface area contributed by atoms with Crippen LogP contribution in [-0.4, -0.2) is 75.3 Å². The molecule has 0 spiro atoms. The third-order valence-electron chi connectivity index (χ3n) is 4.71. The summed E-state index contributed by atoms with van der Waals surface area (Å²) in [5, 5.41) is 34.3. The van der Waals surface area contributed by atoms with Crippen molar-refractivity contribution in [1.82, 2.24) is 16.0 Å². The van der Waals surface area contributed by atoms with E-state index in [1.165, 1.54) is 6.92 Å². The Bertz CT molecular complexity index is 846. The third-order valence-corrected chi connectivity index (χ3v) is 4.71. The Hall–Kier alpha value is -3.51. The Morgan fingerprint density at radius 2 is 1.52 bits per heavy atom. The zero-order valence-electron chi connectivity index (χ0n) is 18.4. The van der Waals surface area contributed by atoms with Crippen LogP contribution in [0.4, 0.5) is 0 Å². The molecule has 1 aromatic rings. The van der Waals surface area contributed by atoms with Crippen LogP contribution in [0, 0.1) is 0 Å². The van der Waals surface area contributed by atoms with Crippen LogP contribution in [0.5, 0.6) is 0 Å². The van der Waals surface area contributed by atoms with Crippen molar-refractivity contribution >= 4 is 29.7 Å². The summed E-state index contributed by atoms with van der Waals surface area (Å²) >= 11 is 0. The lowest BCUT2D eigenvalue weighted by Gasteiger charge is -2.24. The zero-order valence-corrected chi connectivity index (χ0v) is 18.4. The maximum Gasteiger partial charge on any atom is 0.328 e. The summed E-state index contributed by atoms with van der Waals surface area (Å²) in [4.78, 5) is 59.4. The molecule has 3 amide bonds. The van der Waals surface area contributed by atoms with Crippen molar-refractivity contribution in [1.29, 1.82) is 0 Å². The molecule has 182 valence electrons. The topological polar surface area (TPSA) is 208 Å². The molecule has 0 aliphatic heterocycles. The lowest BCUT2D eigenvalue weighted by Crippen LogP contribution is -2.57. The third kappa shape index (κ3) is 9.66. The molecule has 0 saturated carbocycles. The molecule has 0 radical (unpaired) electrons. The number of hydrogen-bond acceptors (Lipinski definition) is 7. The van der Waals surface area contributed by atoms with Gasteiger partial charge in [0.15, 0.2) is 6.04 Å². The van der Waals surface area contributed by atoms with Crippen molar-refractivity contribution < 1.29 is 39.3 Å². The van der Waals surface area contributed by atoms with E-state index in [1.54, 1.807) is 24.3 Å². The highest BCUT2D eigenvalue weighted by Crippen LogP contribution is 2.04.